The average Bonchev–Trinajstić information content (AvgIpc) is 3.18. The van der Waals surface area contributed by atoms with Gasteiger partial charge in [0, 0.05) is 30.8 Å². The van der Waals surface area contributed by atoms with Gasteiger partial charge in [-0.2, -0.15) is 0 Å². The minimum absolute atomic E-state index is 0.165. The molecule has 1 amide bonds. The summed E-state index contributed by atoms with van der Waals surface area (Å²) in [7, 11) is 1.63. The van der Waals surface area contributed by atoms with E-state index in [1.807, 2.05) is 24.3 Å². The van der Waals surface area contributed by atoms with Gasteiger partial charge >= 0.3 is 0 Å². The average molecular weight is 382 g/mol. The van der Waals surface area contributed by atoms with Gasteiger partial charge in [-0.1, -0.05) is 6.07 Å². The van der Waals surface area contributed by atoms with Gasteiger partial charge in [-0.3, -0.25) is 9.59 Å². The molecule has 6 heteroatoms. The summed E-state index contributed by atoms with van der Waals surface area (Å²) in [5.41, 5.74) is 2.11. The summed E-state index contributed by atoms with van der Waals surface area (Å²) in [6.45, 7) is 1.84. The molecule has 1 aromatic heterocycles. The highest BCUT2D eigenvalue weighted by Gasteiger charge is 2.27. The highest BCUT2D eigenvalue weighted by molar-refractivity contribution is 5.94. The van der Waals surface area contributed by atoms with Crippen LogP contribution in [0.3, 0.4) is 0 Å². The zero-order valence-corrected chi connectivity index (χ0v) is 16.2. The summed E-state index contributed by atoms with van der Waals surface area (Å²) >= 11 is 0. The van der Waals surface area contributed by atoms with Crippen molar-refractivity contribution in [2.45, 2.75) is 32.1 Å². The number of nitrogens with one attached hydrogen (secondary N) is 1. The quantitative estimate of drug-likeness (QED) is 0.863. The van der Waals surface area contributed by atoms with Crippen LogP contribution in [0.1, 0.15) is 40.9 Å². The van der Waals surface area contributed by atoms with E-state index in [1.54, 1.807) is 18.1 Å². The van der Waals surface area contributed by atoms with Crippen molar-refractivity contribution in [3.05, 3.63) is 57.5 Å². The molecule has 148 valence electrons. The van der Waals surface area contributed by atoms with Gasteiger partial charge in [-0.25, -0.2) is 0 Å². The first-order valence-electron chi connectivity index (χ1n) is 9.95. The van der Waals surface area contributed by atoms with Crippen LogP contribution in [0.15, 0.2) is 35.1 Å². The minimum Gasteiger partial charge on any atom is -0.497 e. The lowest BCUT2D eigenvalue weighted by molar-refractivity contribution is 0.0631. The Morgan fingerprint density at radius 3 is 2.93 bits per heavy atom. The molecule has 0 saturated carbocycles. The summed E-state index contributed by atoms with van der Waals surface area (Å²) in [4.78, 5) is 30.1. The van der Waals surface area contributed by atoms with Crippen molar-refractivity contribution in [3.63, 3.8) is 0 Å². The standard InChI is InChI=1S/C22H26N2O4/c1-27-17-7-3-8-18(12-17)28-14-15-5-4-10-24(13-15)22(26)19-11-16-6-2-9-20(16)23-21(19)25/h3,7-8,11-12,15H,2,4-6,9-10,13-14H2,1H3,(H,23,25)/t15-/m1/s1. The molecule has 0 radical (unpaired) electrons. The predicted molar refractivity (Wildman–Crippen MR) is 106 cm³/mol. The van der Waals surface area contributed by atoms with Crippen LogP contribution in [-0.2, 0) is 12.8 Å². The van der Waals surface area contributed by atoms with E-state index in [0.717, 1.165) is 54.9 Å². The van der Waals surface area contributed by atoms with Gasteiger partial charge in [0.2, 0.25) is 0 Å². The molecular formula is C22H26N2O4. The first-order chi connectivity index (χ1) is 13.6. The van der Waals surface area contributed by atoms with Crippen molar-refractivity contribution in [2.75, 3.05) is 26.8 Å². The third kappa shape index (κ3) is 3.91. The van der Waals surface area contributed by atoms with Gasteiger partial charge in [0.15, 0.2) is 0 Å². The molecule has 4 rings (SSSR count). The minimum atomic E-state index is -0.264. The van der Waals surface area contributed by atoms with Crippen molar-refractivity contribution in [1.82, 2.24) is 9.88 Å². The highest BCUT2D eigenvalue weighted by Crippen LogP contribution is 2.24. The molecule has 28 heavy (non-hydrogen) atoms. The number of aromatic nitrogens is 1. The lowest BCUT2D eigenvalue weighted by Crippen LogP contribution is -2.43. The molecule has 1 aliphatic carbocycles. The monoisotopic (exact) mass is 382 g/mol. The molecule has 2 heterocycles. The number of rotatable bonds is 5. The highest BCUT2D eigenvalue weighted by atomic mass is 16.5. The Labute approximate surface area is 164 Å². The number of amides is 1. The number of methoxy groups -OCH3 is 1. The Hall–Kier alpha value is -2.76. The fourth-order valence-electron chi connectivity index (χ4n) is 4.13. The van der Waals surface area contributed by atoms with Crippen LogP contribution in [0.2, 0.25) is 0 Å². The second kappa shape index (κ2) is 8.09. The van der Waals surface area contributed by atoms with E-state index in [2.05, 4.69) is 4.98 Å². The fraction of sp³-hybridized carbons (Fsp3) is 0.455. The summed E-state index contributed by atoms with van der Waals surface area (Å²) < 4.78 is 11.1. The van der Waals surface area contributed by atoms with E-state index in [-0.39, 0.29) is 22.9 Å². The first kappa shape index (κ1) is 18.6. The molecule has 1 atom stereocenters. The third-order valence-electron chi connectivity index (χ3n) is 5.65. The Morgan fingerprint density at radius 2 is 2.07 bits per heavy atom. The number of hydrogen-bond donors (Lipinski definition) is 1. The number of pyridine rings is 1. The second-order valence-corrected chi connectivity index (χ2v) is 7.62. The predicted octanol–water partition coefficient (Wildman–Crippen LogP) is 2.80. The van der Waals surface area contributed by atoms with Crippen molar-refractivity contribution in [1.29, 1.82) is 0 Å². The van der Waals surface area contributed by atoms with Crippen molar-refractivity contribution >= 4 is 5.91 Å². The van der Waals surface area contributed by atoms with Crippen LogP contribution < -0.4 is 15.0 Å². The molecule has 1 N–H and O–H groups in total. The van der Waals surface area contributed by atoms with Crippen LogP contribution in [-0.4, -0.2) is 42.6 Å². The van der Waals surface area contributed by atoms with Crippen molar-refractivity contribution < 1.29 is 14.3 Å². The fourth-order valence-corrected chi connectivity index (χ4v) is 4.13. The van der Waals surface area contributed by atoms with Gasteiger partial charge in [0.1, 0.15) is 17.1 Å². The number of piperidine rings is 1. The maximum absolute atomic E-state index is 13.0. The number of aryl methyl sites for hydroxylation is 2. The largest absolute Gasteiger partial charge is 0.497 e. The van der Waals surface area contributed by atoms with Gasteiger partial charge in [-0.15, -0.1) is 0 Å². The van der Waals surface area contributed by atoms with Gasteiger partial charge in [0.05, 0.1) is 13.7 Å². The maximum atomic E-state index is 13.0. The number of carbonyl (C=O) groups is 1. The molecule has 0 spiro atoms. The Kier molecular flexibility index (Phi) is 5.37. The van der Waals surface area contributed by atoms with E-state index >= 15 is 0 Å². The first-order valence-corrected chi connectivity index (χ1v) is 9.95. The number of benzene rings is 1. The molecule has 2 aliphatic rings. The van der Waals surface area contributed by atoms with E-state index in [9.17, 15) is 9.59 Å². The summed E-state index contributed by atoms with van der Waals surface area (Å²) in [6.07, 6.45) is 4.79. The zero-order chi connectivity index (χ0) is 19.5. The molecule has 0 bridgehead atoms. The third-order valence-corrected chi connectivity index (χ3v) is 5.65. The van der Waals surface area contributed by atoms with Crippen molar-refractivity contribution in [2.24, 2.45) is 5.92 Å². The van der Waals surface area contributed by atoms with Crippen LogP contribution in [0, 0.1) is 5.92 Å². The number of ether oxygens (including phenoxy) is 2. The van der Waals surface area contributed by atoms with Crippen LogP contribution in [0.25, 0.3) is 0 Å². The number of fused-ring (bicyclic) bond motifs is 1. The zero-order valence-electron chi connectivity index (χ0n) is 16.2. The normalized spacial score (nSPS) is 18.6. The van der Waals surface area contributed by atoms with Gasteiger partial charge in [0.25, 0.3) is 11.5 Å². The summed E-state index contributed by atoms with van der Waals surface area (Å²) in [5.74, 6) is 1.60. The maximum Gasteiger partial charge on any atom is 0.261 e. The number of aromatic amines is 1. The molecule has 6 nitrogen and oxygen atoms in total. The Morgan fingerprint density at radius 1 is 1.21 bits per heavy atom. The molecule has 1 aliphatic heterocycles. The van der Waals surface area contributed by atoms with Crippen molar-refractivity contribution in [3.8, 4) is 11.5 Å². The number of carbonyl (C=O) groups excluding carboxylic acids is 1. The van der Waals surface area contributed by atoms with Crippen LogP contribution in [0.4, 0.5) is 0 Å². The van der Waals surface area contributed by atoms with E-state index < -0.39 is 0 Å². The molecule has 1 saturated heterocycles. The Balaban J connectivity index is 1.41. The molecule has 1 aromatic carbocycles. The summed E-state index contributed by atoms with van der Waals surface area (Å²) in [5, 5.41) is 0. The van der Waals surface area contributed by atoms with Gasteiger partial charge < -0.3 is 19.4 Å². The van der Waals surface area contributed by atoms with E-state index in [1.165, 1.54) is 0 Å². The second-order valence-electron chi connectivity index (χ2n) is 7.62. The molecule has 0 unspecified atom stereocenters. The van der Waals surface area contributed by atoms with E-state index in [0.29, 0.717) is 19.7 Å². The van der Waals surface area contributed by atoms with Crippen LogP contribution >= 0.6 is 0 Å². The lowest BCUT2D eigenvalue weighted by atomic mass is 9.98. The lowest BCUT2D eigenvalue weighted by Gasteiger charge is -2.32. The summed E-state index contributed by atoms with van der Waals surface area (Å²) in [6, 6.07) is 9.33. The van der Waals surface area contributed by atoms with E-state index in [4.69, 9.17) is 9.47 Å². The molecule has 2 aromatic rings. The molecular weight excluding hydrogens is 356 g/mol. The number of hydrogen-bond acceptors (Lipinski definition) is 4. The Bertz CT molecular complexity index is 921. The van der Waals surface area contributed by atoms with Gasteiger partial charge in [-0.05, 0) is 55.9 Å². The number of H-pyrrole nitrogens is 1. The van der Waals surface area contributed by atoms with Crippen LogP contribution in [0.5, 0.6) is 11.5 Å². The SMILES string of the molecule is COc1cccc(OC[C@@H]2CCCN(C(=O)c3cc4c([nH]c3=O)CCC4)C2)c1. The number of likely N-dealkylation sites (tertiary alicyclic amines) is 1. The molecule has 1 fully saturated rings. The number of nitrogens with zero attached hydrogens (tertiary/aromatic N) is 1. The topological polar surface area (TPSA) is 71.6 Å². The smallest absolute Gasteiger partial charge is 0.261 e.